The third-order valence-electron chi connectivity index (χ3n) is 7.50. The first-order valence-electron chi connectivity index (χ1n) is 13.4. The van der Waals surface area contributed by atoms with E-state index < -0.39 is 5.91 Å². The molecule has 3 amide bonds. The third-order valence-corrected chi connectivity index (χ3v) is 7.73. The van der Waals surface area contributed by atoms with Gasteiger partial charge in [-0.25, -0.2) is 0 Å². The van der Waals surface area contributed by atoms with Gasteiger partial charge >= 0.3 is 0 Å². The van der Waals surface area contributed by atoms with E-state index in [2.05, 4.69) is 28.1 Å². The Morgan fingerprint density at radius 1 is 1.05 bits per heavy atom. The van der Waals surface area contributed by atoms with Gasteiger partial charge in [-0.05, 0) is 57.2 Å². The lowest BCUT2D eigenvalue weighted by Gasteiger charge is -2.31. The Balaban J connectivity index is 1.29. The summed E-state index contributed by atoms with van der Waals surface area (Å²) in [6.45, 7) is 2.92. The second kappa shape index (κ2) is 12.2. The number of hydrazine groups is 1. The number of rotatable bonds is 6. The maximum atomic E-state index is 13.7. The first-order valence-corrected chi connectivity index (χ1v) is 13.7. The summed E-state index contributed by atoms with van der Waals surface area (Å²) >= 11 is 6.02. The summed E-state index contributed by atoms with van der Waals surface area (Å²) in [5.41, 5.74) is 8.25. The number of amides is 3. The fourth-order valence-electron chi connectivity index (χ4n) is 5.34. The number of likely N-dealkylation sites (tertiary alicyclic amines) is 1. The minimum Gasteiger partial charge on any atom is -0.496 e. The first-order chi connectivity index (χ1) is 19.3. The van der Waals surface area contributed by atoms with E-state index in [1.807, 2.05) is 29.2 Å². The second-order valence-electron chi connectivity index (χ2n) is 10.3. The zero-order chi connectivity index (χ0) is 28.2. The van der Waals surface area contributed by atoms with Gasteiger partial charge in [0.15, 0.2) is 0 Å². The number of halogens is 1. The van der Waals surface area contributed by atoms with Crippen LogP contribution in [0.5, 0.6) is 5.75 Å². The van der Waals surface area contributed by atoms with Gasteiger partial charge in [0.1, 0.15) is 5.75 Å². The van der Waals surface area contributed by atoms with Crippen LogP contribution in [0, 0.1) is 0 Å². The van der Waals surface area contributed by atoms with Crippen LogP contribution in [0.3, 0.4) is 0 Å². The monoisotopic (exact) mass is 564 g/mol. The summed E-state index contributed by atoms with van der Waals surface area (Å²) < 4.78 is 5.22. The highest BCUT2D eigenvalue weighted by molar-refractivity contribution is 6.31. The summed E-state index contributed by atoms with van der Waals surface area (Å²) in [5.74, 6) is -0.683. The van der Waals surface area contributed by atoms with E-state index in [0.29, 0.717) is 35.8 Å². The number of carbonyl (C=O) groups excluding carboxylic acids is 3. The van der Waals surface area contributed by atoms with Crippen LogP contribution in [-0.2, 0) is 17.8 Å². The third kappa shape index (κ3) is 6.19. The van der Waals surface area contributed by atoms with Crippen molar-refractivity contribution < 1.29 is 19.1 Å². The van der Waals surface area contributed by atoms with Gasteiger partial charge in [0.05, 0.1) is 30.3 Å². The van der Waals surface area contributed by atoms with E-state index in [9.17, 15) is 14.4 Å². The molecule has 2 aromatic carbocycles. The number of para-hydroxylation sites is 1. The quantitative estimate of drug-likeness (QED) is 0.394. The zero-order valence-electron chi connectivity index (χ0n) is 22.6. The maximum Gasteiger partial charge on any atom is 0.273 e. The molecule has 0 saturated carbocycles. The summed E-state index contributed by atoms with van der Waals surface area (Å²) in [6, 6.07) is 12.5. The summed E-state index contributed by atoms with van der Waals surface area (Å²) in [5, 5.41) is 4.44. The van der Waals surface area contributed by atoms with E-state index in [1.165, 1.54) is 13.2 Å². The topological polar surface area (TPSA) is 116 Å². The van der Waals surface area contributed by atoms with Crippen LogP contribution in [-0.4, -0.2) is 78.9 Å². The average molecular weight is 565 g/mol. The van der Waals surface area contributed by atoms with Gasteiger partial charge in [0.2, 0.25) is 0 Å². The molecule has 210 valence electrons. The summed E-state index contributed by atoms with van der Waals surface area (Å²) in [4.78, 5) is 48.2. The van der Waals surface area contributed by atoms with Gasteiger partial charge in [0.25, 0.3) is 17.7 Å². The van der Waals surface area contributed by atoms with E-state index >= 15 is 0 Å². The largest absolute Gasteiger partial charge is 0.496 e. The molecule has 2 aliphatic heterocycles. The molecule has 1 saturated heterocycles. The maximum absolute atomic E-state index is 13.7. The molecule has 3 heterocycles. The van der Waals surface area contributed by atoms with Crippen molar-refractivity contribution in [3.8, 4) is 5.75 Å². The van der Waals surface area contributed by atoms with Gasteiger partial charge in [-0.2, -0.15) is 0 Å². The molecule has 2 aliphatic rings. The number of piperidine rings is 1. The molecule has 5 rings (SSSR count). The van der Waals surface area contributed by atoms with Crippen LogP contribution >= 0.6 is 11.6 Å². The molecular weight excluding hydrogens is 532 g/mol. The molecule has 3 N–H and O–H groups in total. The predicted molar refractivity (Wildman–Crippen MR) is 152 cm³/mol. The molecule has 0 bridgehead atoms. The number of fused-ring (bicyclic) bond motifs is 2. The first kappa shape index (κ1) is 27.8. The normalized spacial score (nSPS) is 16.3. The van der Waals surface area contributed by atoms with E-state index in [1.54, 1.807) is 12.1 Å². The zero-order valence-corrected chi connectivity index (χ0v) is 23.4. The Kier molecular flexibility index (Phi) is 8.49. The lowest BCUT2D eigenvalue weighted by atomic mass is 9.94. The van der Waals surface area contributed by atoms with Crippen LogP contribution in [0.4, 0.5) is 0 Å². The van der Waals surface area contributed by atoms with Crippen molar-refractivity contribution in [2.75, 3.05) is 40.3 Å². The lowest BCUT2D eigenvalue weighted by Crippen LogP contribution is -2.47. The number of carbonyl (C=O) groups is 3. The van der Waals surface area contributed by atoms with E-state index in [0.717, 1.165) is 48.1 Å². The molecule has 11 heteroatoms. The van der Waals surface area contributed by atoms with Crippen LogP contribution in [0.2, 0.25) is 5.02 Å². The molecule has 10 nitrogen and oxygen atoms in total. The highest BCUT2D eigenvalue weighted by Crippen LogP contribution is 2.28. The minimum atomic E-state index is -0.541. The highest BCUT2D eigenvalue weighted by Gasteiger charge is 2.28. The summed E-state index contributed by atoms with van der Waals surface area (Å²) in [6.07, 6.45) is 2.42. The number of methoxy groups -OCH3 is 1. The van der Waals surface area contributed by atoms with Crippen molar-refractivity contribution in [3.05, 3.63) is 69.9 Å². The molecule has 1 aromatic heterocycles. The average Bonchev–Trinajstić information content (AvgIpc) is 2.95. The number of ether oxygens (including phenoxy) is 1. The van der Waals surface area contributed by atoms with Gasteiger partial charge in [-0.3, -0.25) is 35.1 Å². The van der Waals surface area contributed by atoms with Crippen LogP contribution in [0.1, 0.15) is 44.8 Å². The number of benzene rings is 2. The van der Waals surface area contributed by atoms with Crippen molar-refractivity contribution in [1.82, 2.24) is 31.0 Å². The Hall–Kier alpha value is -3.73. The number of aromatic nitrogens is 1. The van der Waals surface area contributed by atoms with Crippen molar-refractivity contribution in [3.63, 3.8) is 0 Å². The van der Waals surface area contributed by atoms with E-state index in [4.69, 9.17) is 21.3 Å². The molecule has 40 heavy (non-hydrogen) atoms. The second-order valence-corrected chi connectivity index (χ2v) is 10.7. The lowest BCUT2D eigenvalue weighted by molar-refractivity contribution is -0.123. The number of pyridine rings is 1. The van der Waals surface area contributed by atoms with Crippen LogP contribution in [0.25, 0.3) is 10.9 Å². The molecule has 0 aliphatic carbocycles. The molecule has 0 unspecified atom stereocenters. The molecular formula is C29H33ClN6O4. The molecule has 0 atom stereocenters. The van der Waals surface area contributed by atoms with Crippen molar-refractivity contribution in [1.29, 1.82) is 0 Å². The van der Waals surface area contributed by atoms with Crippen molar-refractivity contribution in [2.45, 2.75) is 31.8 Å². The molecule has 3 aromatic rings. The minimum absolute atomic E-state index is 0.0370. The Labute approximate surface area is 238 Å². The number of hydrogen-bond donors (Lipinski definition) is 3. The van der Waals surface area contributed by atoms with E-state index in [-0.39, 0.29) is 30.0 Å². The Bertz CT molecular complexity index is 1440. The Morgan fingerprint density at radius 2 is 1.82 bits per heavy atom. The Morgan fingerprint density at radius 3 is 2.60 bits per heavy atom. The standard InChI is InChI=1S/C29H33ClN6O4/c1-35-12-9-19(10-13-35)31-29(39)27-20-5-3-4-6-23(20)32-24-11-14-36(16-22(24)27)17-26(37)33-34-28(38)21-15-18(30)7-8-25(21)40-2/h3-8,15,19H,9-14,16-17H2,1-2H3,(H,31,39)(H,33,37)(H,34,38). The van der Waals surface area contributed by atoms with Crippen molar-refractivity contribution >= 4 is 40.2 Å². The van der Waals surface area contributed by atoms with Crippen LogP contribution < -0.4 is 20.9 Å². The number of nitrogens with one attached hydrogen (secondary N) is 3. The molecule has 0 radical (unpaired) electrons. The molecule has 1 fully saturated rings. The van der Waals surface area contributed by atoms with Crippen LogP contribution in [0.15, 0.2) is 42.5 Å². The SMILES string of the molecule is COc1ccc(Cl)cc1C(=O)NNC(=O)CN1CCc2nc3ccccc3c(C(=O)NC3CCN(C)CC3)c2C1. The predicted octanol–water partition coefficient (Wildman–Crippen LogP) is 2.54. The smallest absolute Gasteiger partial charge is 0.273 e. The fourth-order valence-corrected chi connectivity index (χ4v) is 5.52. The van der Waals surface area contributed by atoms with Gasteiger partial charge in [0, 0.05) is 47.2 Å². The number of nitrogens with zero attached hydrogens (tertiary/aromatic N) is 3. The van der Waals surface area contributed by atoms with Crippen molar-refractivity contribution in [2.24, 2.45) is 0 Å². The highest BCUT2D eigenvalue weighted by atomic mass is 35.5. The van der Waals surface area contributed by atoms with Gasteiger partial charge in [-0.15, -0.1) is 0 Å². The molecule has 0 spiro atoms. The summed E-state index contributed by atoms with van der Waals surface area (Å²) in [7, 11) is 3.54. The fraction of sp³-hybridized carbons (Fsp3) is 0.379. The van der Waals surface area contributed by atoms with Gasteiger partial charge in [-0.1, -0.05) is 29.8 Å². The van der Waals surface area contributed by atoms with Gasteiger partial charge < -0.3 is 15.0 Å². The number of hydrogen-bond acceptors (Lipinski definition) is 7.